The van der Waals surface area contributed by atoms with Gasteiger partial charge < -0.3 is 9.67 Å². The van der Waals surface area contributed by atoms with E-state index >= 15 is 0 Å². The monoisotopic (exact) mass is 181 g/mol. The molecule has 0 bridgehead atoms. The van der Waals surface area contributed by atoms with Crippen LogP contribution in [0.3, 0.4) is 0 Å². The number of hydrogen-bond acceptors (Lipinski definition) is 2. The van der Waals surface area contributed by atoms with Crippen LogP contribution >= 0.6 is 0 Å². The van der Waals surface area contributed by atoms with E-state index in [9.17, 15) is 4.79 Å². The second kappa shape index (κ2) is 4.23. The van der Waals surface area contributed by atoms with Crippen molar-refractivity contribution in [1.29, 1.82) is 0 Å². The summed E-state index contributed by atoms with van der Waals surface area (Å²) in [5.74, 6) is 0. The average molecular weight is 181 g/mol. The number of aryl methyl sites for hydroxylation is 2. The largest absolute Gasteiger partial charge is 0.393 e. The fraction of sp³-hybridized carbons (Fsp3) is 0.500. The standard InChI is InChI=1S/C10H15NO2/c1-8-3-5-11(10(13)7-8)6-4-9(2)12/h3,5,7,9,12H,4,6H2,1-2H3. The topological polar surface area (TPSA) is 42.2 Å². The molecule has 0 aliphatic carbocycles. The van der Waals surface area contributed by atoms with Gasteiger partial charge in [0, 0.05) is 18.8 Å². The molecule has 13 heavy (non-hydrogen) atoms. The van der Waals surface area contributed by atoms with Crippen LogP contribution in [0.1, 0.15) is 18.9 Å². The van der Waals surface area contributed by atoms with E-state index in [1.807, 2.05) is 13.0 Å². The van der Waals surface area contributed by atoms with Crippen LogP contribution < -0.4 is 5.56 Å². The Kier molecular flexibility index (Phi) is 3.25. The van der Waals surface area contributed by atoms with Crippen molar-refractivity contribution in [2.24, 2.45) is 0 Å². The van der Waals surface area contributed by atoms with E-state index in [0.717, 1.165) is 5.56 Å². The predicted octanol–water partition coefficient (Wildman–Crippen LogP) is 0.928. The molecular weight excluding hydrogens is 166 g/mol. The summed E-state index contributed by atoms with van der Waals surface area (Å²) in [4.78, 5) is 11.3. The summed E-state index contributed by atoms with van der Waals surface area (Å²) in [5, 5.41) is 9.04. The zero-order valence-corrected chi connectivity index (χ0v) is 8.03. The van der Waals surface area contributed by atoms with Crippen molar-refractivity contribution in [3.63, 3.8) is 0 Å². The van der Waals surface area contributed by atoms with E-state index in [2.05, 4.69) is 0 Å². The summed E-state index contributed by atoms with van der Waals surface area (Å²) in [6, 6.07) is 3.49. The average Bonchev–Trinajstić information content (AvgIpc) is 2.02. The lowest BCUT2D eigenvalue weighted by molar-refractivity contribution is 0.177. The second-order valence-electron chi connectivity index (χ2n) is 3.37. The van der Waals surface area contributed by atoms with Crippen LogP contribution in [-0.4, -0.2) is 15.8 Å². The number of aliphatic hydroxyl groups excluding tert-OH is 1. The Labute approximate surface area is 77.6 Å². The molecule has 1 rings (SSSR count). The molecule has 1 heterocycles. The van der Waals surface area contributed by atoms with Gasteiger partial charge in [0.15, 0.2) is 0 Å². The van der Waals surface area contributed by atoms with Gasteiger partial charge >= 0.3 is 0 Å². The van der Waals surface area contributed by atoms with Crippen LogP contribution in [0.2, 0.25) is 0 Å². The number of aromatic nitrogens is 1. The smallest absolute Gasteiger partial charge is 0.250 e. The Hall–Kier alpha value is -1.09. The summed E-state index contributed by atoms with van der Waals surface area (Å²) >= 11 is 0. The van der Waals surface area contributed by atoms with E-state index in [-0.39, 0.29) is 11.7 Å². The quantitative estimate of drug-likeness (QED) is 0.753. The fourth-order valence-corrected chi connectivity index (χ4v) is 1.12. The molecule has 0 aliphatic rings. The molecule has 0 radical (unpaired) electrons. The van der Waals surface area contributed by atoms with Gasteiger partial charge in [-0.3, -0.25) is 4.79 Å². The highest BCUT2D eigenvalue weighted by Gasteiger charge is 1.98. The van der Waals surface area contributed by atoms with E-state index in [0.29, 0.717) is 13.0 Å². The van der Waals surface area contributed by atoms with Crippen molar-refractivity contribution in [3.8, 4) is 0 Å². The first-order chi connectivity index (χ1) is 6.09. The minimum atomic E-state index is -0.354. The maximum absolute atomic E-state index is 11.3. The highest BCUT2D eigenvalue weighted by atomic mass is 16.3. The summed E-state index contributed by atoms with van der Waals surface area (Å²) in [7, 11) is 0. The predicted molar refractivity (Wildman–Crippen MR) is 51.7 cm³/mol. The lowest BCUT2D eigenvalue weighted by Gasteiger charge is -2.06. The van der Waals surface area contributed by atoms with E-state index in [1.54, 1.807) is 23.8 Å². The maximum atomic E-state index is 11.3. The summed E-state index contributed by atoms with van der Waals surface area (Å²) in [5.41, 5.74) is 0.971. The highest BCUT2D eigenvalue weighted by molar-refractivity contribution is 5.07. The first kappa shape index (κ1) is 9.99. The van der Waals surface area contributed by atoms with Crippen LogP contribution in [0.15, 0.2) is 23.1 Å². The highest BCUT2D eigenvalue weighted by Crippen LogP contribution is 1.95. The molecule has 0 amide bonds. The molecule has 3 heteroatoms. The molecule has 0 saturated carbocycles. The molecule has 0 aromatic carbocycles. The number of nitrogens with zero attached hydrogens (tertiary/aromatic N) is 1. The molecule has 1 unspecified atom stereocenters. The van der Waals surface area contributed by atoms with E-state index in [4.69, 9.17) is 5.11 Å². The molecule has 1 N–H and O–H groups in total. The Morgan fingerprint density at radius 2 is 2.31 bits per heavy atom. The first-order valence-corrected chi connectivity index (χ1v) is 4.45. The third kappa shape index (κ3) is 3.03. The van der Waals surface area contributed by atoms with Gasteiger partial charge in [-0.25, -0.2) is 0 Å². The van der Waals surface area contributed by atoms with Crippen LogP contribution in [0.5, 0.6) is 0 Å². The van der Waals surface area contributed by atoms with Crippen LogP contribution in [0.25, 0.3) is 0 Å². The van der Waals surface area contributed by atoms with Crippen molar-refractivity contribution in [2.75, 3.05) is 0 Å². The van der Waals surface area contributed by atoms with Gasteiger partial charge in [-0.2, -0.15) is 0 Å². The van der Waals surface area contributed by atoms with Crippen LogP contribution in [0, 0.1) is 6.92 Å². The van der Waals surface area contributed by atoms with Gasteiger partial charge in [-0.15, -0.1) is 0 Å². The molecule has 1 aromatic heterocycles. The zero-order chi connectivity index (χ0) is 9.84. The second-order valence-corrected chi connectivity index (χ2v) is 3.37. The normalized spacial score (nSPS) is 12.8. The Morgan fingerprint density at radius 3 is 2.85 bits per heavy atom. The number of aliphatic hydroxyl groups is 1. The van der Waals surface area contributed by atoms with E-state index < -0.39 is 0 Å². The molecule has 0 aliphatic heterocycles. The van der Waals surface area contributed by atoms with Gasteiger partial charge in [0.25, 0.3) is 5.56 Å². The number of pyridine rings is 1. The molecule has 0 spiro atoms. The number of hydrogen-bond donors (Lipinski definition) is 1. The Morgan fingerprint density at radius 1 is 1.62 bits per heavy atom. The van der Waals surface area contributed by atoms with Gasteiger partial charge in [0.05, 0.1) is 6.10 Å². The SMILES string of the molecule is Cc1ccn(CCC(C)O)c(=O)c1. The summed E-state index contributed by atoms with van der Waals surface area (Å²) in [6.45, 7) is 4.19. The zero-order valence-electron chi connectivity index (χ0n) is 8.03. The molecule has 0 saturated heterocycles. The van der Waals surface area contributed by atoms with Crippen molar-refractivity contribution in [3.05, 3.63) is 34.2 Å². The molecule has 0 fully saturated rings. The third-order valence-electron chi connectivity index (χ3n) is 1.94. The van der Waals surface area contributed by atoms with Crippen LogP contribution in [-0.2, 0) is 6.54 Å². The first-order valence-electron chi connectivity index (χ1n) is 4.45. The van der Waals surface area contributed by atoms with Gasteiger partial charge in [-0.1, -0.05) is 0 Å². The molecule has 1 atom stereocenters. The van der Waals surface area contributed by atoms with E-state index in [1.165, 1.54) is 0 Å². The van der Waals surface area contributed by atoms with Crippen molar-refractivity contribution in [2.45, 2.75) is 32.9 Å². The minimum Gasteiger partial charge on any atom is -0.393 e. The van der Waals surface area contributed by atoms with Crippen molar-refractivity contribution >= 4 is 0 Å². The fourth-order valence-electron chi connectivity index (χ4n) is 1.12. The summed E-state index contributed by atoms with van der Waals surface area (Å²) in [6.07, 6.45) is 2.02. The Balaban J connectivity index is 2.73. The Bertz CT molecular complexity index is 328. The molecular formula is C10H15NO2. The van der Waals surface area contributed by atoms with Gasteiger partial charge in [-0.05, 0) is 31.9 Å². The maximum Gasteiger partial charge on any atom is 0.250 e. The molecule has 1 aromatic rings. The molecule has 72 valence electrons. The molecule has 3 nitrogen and oxygen atoms in total. The van der Waals surface area contributed by atoms with Gasteiger partial charge in [0.1, 0.15) is 0 Å². The summed E-state index contributed by atoms with van der Waals surface area (Å²) < 4.78 is 1.61. The number of rotatable bonds is 3. The van der Waals surface area contributed by atoms with Gasteiger partial charge in [0.2, 0.25) is 0 Å². The van der Waals surface area contributed by atoms with Crippen molar-refractivity contribution < 1.29 is 5.11 Å². The lowest BCUT2D eigenvalue weighted by atomic mass is 10.2. The minimum absolute atomic E-state index is 0.000602. The van der Waals surface area contributed by atoms with Crippen LogP contribution in [0.4, 0.5) is 0 Å². The van der Waals surface area contributed by atoms with Crippen molar-refractivity contribution in [1.82, 2.24) is 4.57 Å². The lowest BCUT2D eigenvalue weighted by Crippen LogP contribution is -2.20. The third-order valence-corrected chi connectivity index (χ3v) is 1.94.